The van der Waals surface area contributed by atoms with Gasteiger partial charge in [-0.2, -0.15) is 0 Å². The van der Waals surface area contributed by atoms with Crippen molar-refractivity contribution < 1.29 is 9.15 Å². The summed E-state index contributed by atoms with van der Waals surface area (Å²) in [7, 11) is 1.66. The molecule has 0 aliphatic carbocycles. The van der Waals surface area contributed by atoms with Gasteiger partial charge >= 0.3 is 0 Å². The van der Waals surface area contributed by atoms with Crippen LogP contribution in [0.25, 0.3) is 0 Å². The SMILES string of the molecule is COc1ccccc1NC(C)c1ccco1. The van der Waals surface area contributed by atoms with Crippen LogP contribution in [0, 0.1) is 0 Å². The summed E-state index contributed by atoms with van der Waals surface area (Å²) in [6.45, 7) is 2.05. The van der Waals surface area contributed by atoms with Gasteiger partial charge in [0.2, 0.25) is 0 Å². The summed E-state index contributed by atoms with van der Waals surface area (Å²) in [5, 5.41) is 3.35. The van der Waals surface area contributed by atoms with E-state index in [4.69, 9.17) is 9.15 Å². The zero-order valence-electron chi connectivity index (χ0n) is 9.44. The van der Waals surface area contributed by atoms with Gasteiger partial charge in [0.25, 0.3) is 0 Å². The highest BCUT2D eigenvalue weighted by atomic mass is 16.5. The van der Waals surface area contributed by atoms with E-state index in [1.807, 2.05) is 43.3 Å². The molecular weight excluding hydrogens is 202 g/mol. The summed E-state index contributed by atoms with van der Waals surface area (Å²) in [5.41, 5.74) is 0.967. The smallest absolute Gasteiger partial charge is 0.141 e. The average Bonchev–Trinajstić information content (AvgIpc) is 2.83. The summed E-state index contributed by atoms with van der Waals surface area (Å²) < 4.78 is 10.6. The molecule has 3 nitrogen and oxygen atoms in total. The molecule has 0 bridgehead atoms. The van der Waals surface area contributed by atoms with Crippen LogP contribution in [0.2, 0.25) is 0 Å². The Morgan fingerprint density at radius 2 is 2.00 bits per heavy atom. The first kappa shape index (κ1) is 10.6. The highest BCUT2D eigenvalue weighted by molar-refractivity contribution is 5.56. The van der Waals surface area contributed by atoms with E-state index in [0.717, 1.165) is 17.2 Å². The fourth-order valence-electron chi connectivity index (χ4n) is 1.61. The molecule has 0 saturated heterocycles. The molecule has 0 radical (unpaired) electrons. The average molecular weight is 217 g/mol. The molecule has 1 heterocycles. The highest BCUT2D eigenvalue weighted by Gasteiger charge is 2.09. The molecule has 2 rings (SSSR count). The second kappa shape index (κ2) is 4.75. The lowest BCUT2D eigenvalue weighted by Gasteiger charge is -2.15. The van der Waals surface area contributed by atoms with Crippen LogP contribution in [0.4, 0.5) is 5.69 Å². The number of benzene rings is 1. The Hall–Kier alpha value is -1.90. The van der Waals surface area contributed by atoms with E-state index < -0.39 is 0 Å². The zero-order chi connectivity index (χ0) is 11.4. The Labute approximate surface area is 95.0 Å². The van der Waals surface area contributed by atoms with E-state index >= 15 is 0 Å². The van der Waals surface area contributed by atoms with Crippen LogP contribution in [0.1, 0.15) is 18.7 Å². The molecule has 3 heteroatoms. The van der Waals surface area contributed by atoms with Crippen LogP contribution in [-0.2, 0) is 0 Å². The normalized spacial score (nSPS) is 12.1. The van der Waals surface area contributed by atoms with Gasteiger partial charge in [-0.15, -0.1) is 0 Å². The third kappa shape index (κ3) is 2.19. The lowest BCUT2D eigenvalue weighted by Crippen LogP contribution is -2.06. The van der Waals surface area contributed by atoms with Gasteiger partial charge in [0.05, 0.1) is 25.1 Å². The van der Waals surface area contributed by atoms with Gasteiger partial charge in [-0.1, -0.05) is 12.1 Å². The van der Waals surface area contributed by atoms with Crippen LogP contribution in [0.5, 0.6) is 5.75 Å². The number of hydrogen-bond acceptors (Lipinski definition) is 3. The van der Waals surface area contributed by atoms with E-state index in [2.05, 4.69) is 5.32 Å². The molecule has 0 aliphatic rings. The van der Waals surface area contributed by atoms with E-state index in [0.29, 0.717) is 0 Å². The monoisotopic (exact) mass is 217 g/mol. The number of para-hydroxylation sites is 2. The zero-order valence-corrected chi connectivity index (χ0v) is 9.44. The number of anilines is 1. The van der Waals surface area contributed by atoms with Crippen molar-refractivity contribution in [3.05, 3.63) is 48.4 Å². The van der Waals surface area contributed by atoms with Crippen molar-refractivity contribution in [2.45, 2.75) is 13.0 Å². The Bertz CT molecular complexity index is 437. The van der Waals surface area contributed by atoms with Gasteiger partial charge in [0.15, 0.2) is 0 Å². The molecule has 1 atom stereocenters. The summed E-state index contributed by atoms with van der Waals surface area (Å²) in [5.74, 6) is 1.74. The third-order valence-corrected chi connectivity index (χ3v) is 2.45. The molecule has 1 N–H and O–H groups in total. The van der Waals surface area contributed by atoms with Crippen LogP contribution in [0.15, 0.2) is 47.1 Å². The Kier molecular flexibility index (Phi) is 3.15. The molecule has 2 aromatic rings. The van der Waals surface area contributed by atoms with Gasteiger partial charge in [-0.25, -0.2) is 0 Å². The van der Waals surface area contributed by atoms with Crippen molar-refractivity contribution in [2.75, 3.05) is 12.4 Å². The van der Waals surface area contributed by atoms with Gasteiger partial charge in [-0.3, -0.25) is 0 Å². The van der Waals surface area contributed by atoms with Gasteiger partial charge < -0.3 is 14.5 Å². The lowest BCUT2D eigenvalue weighted by molar-refractivity contribution is 0.415. The maximum absolute atomic E-state index is 5.34. The minimum absolute atomic E-state index is 0.117. The summed E-state index contributed by atoms with van der Waals surface area (Å²) in [4.78, 5) is 0. The first-order chi connectivity index (χ1) is 7.81. The van der Waals surface area contributed by atoms with Crippen molar-refractivity contribution >= 4 is 5.69 Å². The molecule has 84 valence electrons. The topological polar surface area (TPSA) is 34.4 Å². The maximum Gasteiger partial charge on any atom is 0.141 e. The number of furan rings is 1. The Morgan fingerprint density at radius 1 is 1.19 bits per heavy atom. The van der Waals surface area contributed by atoms with Crippen molar-refractivity contribution in [3.8, 4) is 5.75 Å². The minimum Gasteiger partial charge on any atom is -0.495 e. The fraction of sp³-hybridized carbons (Fsp3) is 0.231. The second-order valence-electron chi connectivity index (χ2n) is 3.58. The Balaban J connectivity index is 2.14. The molecule has 0 spiro atoms. The first-order valence-electron chi connectivity index (χ1n) is 5.24. The van der Waals surface area contributed by atoms with Crippen LogP contribution in [0.3, 0.4) is 0 Å². The number of nitrogens with one attached hydrogen (secondary N) is 1. The largest absolute Gasteiger partial charge is 0.495 e. The van der Waals surface area contributed by atoms with Crippen LogP contribution in [-0.4, -0.2) is 7.11 Å². The fourth-order valence-corrected chi connectivity index (χ4v) is 1.61. The molecule has 0 amide bonds. The van der Waals surface area contributed by atoms with Crippen molar-refractivity contribution in [1.29, 1.82) is 0 Å². The van der Waals surface area contributed by atoms with Gasteiger partial charge in [-0.05, 0) is 31.2 Å². The van der Waals surface area contributed by atoms with Crippen LogP contribution < -0.4 is 10.1 Å². The third-order valence-electron chi connectivity index (χ3n) is 2.45. The predicted octanol–water partition coefficient (Wildman–Crippen LogP) is 3.46. The van der Waals surface area contributed by atoms with Crippen molar-refractivity contribution in [3.63, 3.8) is 0 Å². The van der Waals surface area contributed by atoms with E-state index in [-0.39, 0.29) is 6.04 Å². The van der Waals surface area contributed by atoms with E-state index in [9.17, 15) is 0 Å². The summed E-state index contributed by atoms with van der Waals surface area (Å²) >= 11 is 0. The first-order valence-corrected chi connectivity index (χ1v) is 5.24. The minimum atomic E-state index is 0.117. The molecule has 1 unspecified atom stereocenters. The number of rotatable bonds is 4. The van der Waals surface area contributed by atoms with E-state index in [1.165, 1.54) is 0 Å². The predicted molar refractivity (Wildman–Crippen MR) is 63.7 cm³/mol. The number of methoxy groups -OCH3 is 1. The maximum atomic E-state index is 5.34. The van der Waals surface area contributed by atoms with Gasteiger partial charge in [0, 0.05) is 0 Å². The van der Waals surface area contributed by atoms with E-state index in [1.54, 1.807) is 13.4 Å². The highest BCUT2D eigenvalue weighted by Crippen LogP contribution is 2.27. The number of ether oxygens (including phenoxy) is 1. The molecule has 0 aliphatic heterocycles. The molecule has 0 fully saturated rings. The molecule has 0 saturated carbocycles. The molecular formula is C13H15NO2. The van der Waals surface area contributed by atoms with Crippen molar-refractivity contribution in [2.24, 2.45) is 0 Å². The quantitative estimate of drug-likeness (QED) is 0.851. The summed E-state index contributed by atoms with van der Waals surface area (Å²) in [6, 6.07) is 11.8. The molecule has 1 aromatic heterocycles. The molecule has 16 heavy (non-hydrogen) atoms. The standard InChI is InChI=1S/C13H15NO2/c1-10(12-8-5-9-16-12)14-11-6-3-4-7-13(11)15-2/h3-10,14H,1-2H3. The second-order valence-corrected chi connectivity index (χ2v) is 3.58. The Morgan fingerprint density at radius 3 is 2.69 bits per heavy atom. The van der Waals surface area contributed by atoms with Crippen molar-refractivity contribution in [1.82, 2.24) is 0 Å². The summed E-state index contributed by atoms with van der Waals surface area (Å²) in [6.07, 6.45) is 1.68. The lowest BCUT2D eigenvalue weighted by atomic mass is 10.2. The molecule has 1 aromatic carbocycles. The van der Waals surface area contributed by atoms with Gasteiger partial charge in [0.1, 0.15) is 11.5 Å². The number of hydrogen-bond donors (Lipinski definition) is 1. The van der Waals surface area contributed by atoms with Crippen LogP contribution >= 0.6 is 0 Å².